The van der Waals surface area contributed by atoms with Crippen LogP contribution in [0, 0.1) is 5.92 Å². The molecule has 5 rings (SSSR count). The number of aryl methyl sites for hydroxylation is 1. The Bertz CT molecular complexity index is 1650. The standard InChI is InChI=1S/C34H43ClN4O6.C2HF3O2/c1-21(36)31(43)39-28(19-45-33(39,2)3)30(42)37-34(18-22-9-12-24(35)13-10-22)15-6-16-38(20-34)32(44)27(17-29(40)41)26-14-11-23-7-4-5-8-25(23)26;3-2(4,5)1(6)7/h4-5,7-10,12-13,21,26-28H,6,11,14-20,36H2,1-3H3,(H,37,42)(H,40,41);(H,6,7)/t21?,26-,27?,28-,34+;/m0./s1. The van der Waals surface area contributed by atoms with Gasteiger partial charge in [-0.05, 0) is 87.6 Å². The van der Waals surface area contributed by atoms with Crippen molar-refractivity contribution in [3.63, 3.8) is 0 Å². The first kappa shape index (κ1) is 40.6. The largest absolute Gasteiger partial charge is 0.490 e. The maximum Gasteiger partial charge on any atom is 0.490 e. The van der Waals surface area contributed by atoms with Gasteiger partial charge in [-0.15, -0.1) is 0 Å². The van der Waals surface area contributed by atoms with E-state index in [-0.39, 0.29) is 37.3 Å². The normalized spacial score (nSPS) is 23.5. The molecule has 2 aliphatic heterocycles. The van der Waals surface area contributed by atoms with E-state index >= 15 is 0 Å². The van der Waals surface area contributed by atoms with Gasteiger partial charge in [-0.3, -0.25) is 24.1 Å². The average molecular weight is 753 g/mol. The summed E-state index contributed by atoms with van der Waals surface area (Å²) in [4.78, 5) is 65.6. The number of carboxylic acid groups (broad SMARTS) is 2. The number of nitrogens with two attached hydrogens (primary N) is 1. The van der Waals surface area contributed by atoms with Crippen LogP contribution in [0.2, 0.25) is 5.02 Å². The molecular formula is C36H44ClF3N4O8. The lowest BCUT2D eigenvalue weighted by molar-refractivity contribution is -0.192. The van der Waals surface area contributed by atoms with E-state index < -0.39 is 53.3 Å². The third-order valence-electron chi connectivity index (χ3n) is 9.77. The second kappa shape index (κ2) is 16.2. The third-order valence-corrected chi connectivity index (χ3v) is 10.0. The Labute approximate surface area is 304 Å². The topological polar surface area (TPSA) is 180 Å². The van der Waals surface area contributed by atoms with Gasteiger partial charge < -0.3 is 30.9 Å². The van der Waals surface area contributed by atoms with Crippen LogP contribution in [-0.2, 0) is 41.6 Å². The monoisotopic (exact) mass is 752 g/mol. The number of piperidine rings is 1. The fourth-order valence-electron chi connectivity index (χ4n) is 7.41. The summed E-state index contributed by atoms with van der Waals surface area (Å²) in [5, 5.41) is 20.8. The molecule has 2 fully saturated rings. The molecule has 2 saturated heterocycles. The van der Waals surface area contributed by atoms with Crippen molar-refractivity contribution < 1.29 is 52.1 Å². The van der Waals surface area contributed by atoms with Crippen molar-refractivity contribution in [1.82, 2.24) is 15.1 Å². The molecule has 2 heterocycles. The number of aliphatic carboxylic acids is 2. The van der Waals surface area contributed by atoms with E-state index in [9.17, 15) is 37.5 Å². The highest BCUT2D eigenvalue weighted by atomic mass is 35.5. The summed E-state index contributed by atoms with van der Waals surface area (Å²) in [5.41, 5.74) is 7.16. The number of amides is 3. The summed E-state index contributed by atoms with van der Waals surface area (Å²) < 4.78 is 37.6. The van der Waals surface area contributed by atoms with Crippen LogP contribution in [0.15, 0.2) is 48.5 Å². The van der Waals surface area contributed by atoms with Crippen LogP contribution in [0.5, 0.6) is 0 Å². The summed E-state index contributed by atoms with van der Waals surface area (Å²) in [6, 6.07) is 13.6. The summed E-state index contributed by atoms with van der Waals surface area (Å²) in [7, 11) is 0. The molecule has 0 saturated carbocycles. The van der Waals surface area contributed by atoms with Crippen LogP contribution in [-0.4, -0.2) is 98.9 Å². The van der Waals surface area contributed by atoms with Crippen LogP contribution in [0.25, 0.3) is 0 Å². The summed E-state index contributed by atoms with van der Waals surface area (Å²) >= 11 is 6.16. The van der Waals surface area contributed by atoms with Crippen LogP contribution in [0.1, 0.15) is 69.1 Å². The molecule has 0 radical (unpaired) electrons. The number of ether oxygens (including phenoxy) is 1. The highest BCUT2D eigenvalue weighted by Crippen LogP contribution is 2.41. The molecule has 2 aromatic carbocycles. The molecule has 0 aromatic heterocycles. The molecule has 0 spiro atoms. The zero-order valence-electron chi connectivity index (χ0n) is 29.1. The maximum atomic E-state index is 14.3. The highest BCUT2D eigenvalue weighted by Gasteiger charge is 2.50. The number of rotatable bonds is 9. The van der Waals surface area contributed by atoms with Gasteiger partial charge in [0, 0.05) is 18.1 Å². The Morgan fingerprint density at radius 3 is 2.29 bits per heavy atom. The summed E-state index contributed by atoms with van der Waals surface area (Å²) in [6.45, 7) is 5.70. The minimum absolute atomic E-state index is 0.0126. The summed E-state index contributed by atoms with van der Waals surface area (Å²) in [5.74, 6) is -5.68. The second-order valence-electron chi connectivity index (χ2n) is 14.1. The van der Waals surface area contributed by atoms with Gasteiger partial charge in [0.05, 0.1) is 30.5 Å². The third kappa shape index (κ3) is 9.61. The average Bonchev–Trinajstić information content (AvgIpc) is 3.64. The maximum absolute atomic E-state index is 14.3. The van der Waals surface area contributed by atoms with Crippen molar-refractivity contribution in [1.29, 1.82) is 0 Å². The Hall–Kier alpha value is -4.21. The fourth-order valence-corrected chi connectivity index (χ4v) is 7.54. The second-order valence-corrected chi connectivity index (χ2v) is 14.5. The van der Waals surface area contributed by atoms with Crippen molar-refractivity contribution >= 4 is 41.3 Å². The first-order chi connectivity index (χ1) is 24.2. The highest BCUT2D eigenvalue weighted by molar-refractivity contribution is 6.30. The van der Waals surface area contributed by atoms with E-state index in [2.05, 4.69) is 5.32 Å². The molecule has 1 aliphatic carbocycles. The molecule has 3 aliphatic rings. The number of benzene rings is 2. The van der Waals surface area contributed by atoms with Crippen LogP contribution in [0.3, 0.4) is 0 Å². The molecule has 2 unspecified atom stereocenters. The lowest BCUT2D eigenvalue weighted by atomic mass is 9.80. The van der Waals surface area contributed by atoms with E-state index in [1.807, 2.05) is 36.4 Å². The number of alkyl halides is 3. The lowest BCUT2D eigenvalue weighted by Crippen LogP contribution is -2.65. The van der Waals surface area contributed by atoms with Gasteiger partial charge >= 0.3 is 18.1 Å². The van der Waals surface area contributed by atoms with Crippen LogP contribution < -0.4 is 11.1 Å². The molecule has 52 heavy (non-hydrogen) atoms. The van der Waals surface area contributed by atoms with Gasteiger partial charge in [0.2, 0.25) is 17.7 Å². The number of hydrogen-bond donors (Lipinski definition) is 4. The number of carbonyl (C=O) groups excluding carboxylic acids is 3. The zero-order chi connectivity index (χ0) is 38.6. The van der Waals surface area contributed by atoms with E-state index in [1.54, 1.807) is 37.8 Å². The first-order valence-electron chi connectivity index (χ1n) is 16.9. The van der Waals surface area contributed by atoms with Gasteiger partial charge in [-0.2, -0.15) is 13.2 Å². The number of nitrogens with zero attached hydrogens (tertiary/aromatic N) is 2. The predicted octanol–water partition coefficient (Wildman–Crippen LogP) is 4.12. The van der Waals surface area contributed by atoms with Gasteiger partial charge in [-0.25, -0.2) is 4.79 Å². The van der Waals surface area contributed by atoms with E-state index in [1.165, 1.54) is 4.90 Å². The number of fused-ring (bicyclic) bond motifs is 1. The Kier molecular flexibility index (Phi) is 12.6. The minimum atomic E-state index is -5.08. The van der Waals surface area contributed by atoms with Gasteiger partial charge in [0.15, 0.2) is 0 Å². The Morgan fingerprint density at radius 1 is 1.06 bits per heavy atom. The number of carbonyl (C=O) groups is 5. The molecule has 0 bridgehead atoms. The van der Waals surface area contributed by atoms with Gasteiger partial charge in [-0.1, -0.05) is 48.0 Å². The van der Waals surface area contributed by atoms with Gasteiger partial charge in [0.1, 0.15) is 11.8 Å². The molecule has 3 amide bonds. The first-order valence-corrected chi connectivity index (χ1v) is 17.3. The van der Waals surface area contributed by atoms with Crippen molar-refractivity contribution in [2.45, 2.75) is 94.7 Å². The van der Waals surface area contributed by atoms with Crippen molar-refractivity contribution in [2.75, 3.05) is 19.7 Å². The Morgan fingerprint density at radius 2 is 1.69 bits per heavy atom. The molecule has 284 valence electrons. The van der Waals surface area contributed by atoms with E-state index in [0.717, 1.165) is 23.1 Å². The van der Waals surface area contributed by atoms with E-state index in [0.29, 0.717) is 37.3 Å². The quantitative estimate of drug-likeness (QED) is 0.293. The molecule has 2 aromatic rings. The number of hydrogen-bond acceptors (Lipinski definition) is 7. The van der Waals surface area contributed by atoms with E-state index in [4.69, 9.17) is 32.0 Å². The van der Waals surface area contributed by atoms with Gasteiger partial charge in [0.25, 0.3) is 0 Å². The Balaban J connectivity index is 0.000000785. The van der Waals surface area contributed by atoms with Crippen molar-refractivity contribution in [3.05, 3.63) is 70.2 Å². The molecule has 12 nitrogen and oxygen atoms in total. The SMILES string of the molecule is CC(N)C(=O)N1[C@H](C(=O)N[C@@]2(Cc3ccc(Cl)cc3)CCCN(C(=O)C(CC(=O)O)[C@H]3CCc4ccccc43)C2)COC1(C)C.O=C(O)C(F)(F)F. The molecule has 5 atom stereocenters. The zero-order valence-corrected chi connectivity index (χ0v) is 29.9. The minimum Gasteiger partial charge on any atom is -0.481 e. The number of likely N-dealkylation sites (tertiary alicyclic amines) is 1. The summed E-state index contributed by atoms with van der Waals surface area (Å²) in [6.07, 6.45) is -2.24. The van der Waals surface area contributed by atoms with Crippen LogP contribution in [0.4, 0.5) is 13.2 Å². The fraction of sp³-hybridized carbons (Fsp3) is 0.528. The molecular weight excluding hydrogens is 709 g/mol. The number of carboxylic acids is 2. The lowest BCUT2D eigenvalue weighted by Gasteiger charge is -2.45. The smallest absolute Gasteiger partial charge is 0.481 e. The number of halogens is 4. The van der Waals surface area contributed by atoms with Crippen molar-refractivity contribution in [3.8, 4) is 0 Å². The number of nitrogens with one attached hydrogen (secondary N) is 1. The predicted molar refractivity (Wildman–Crippen MR) is 183 cm³/mol. The van der Waals surface area contributed by atoms with Crippen molar-refractivity contribution in [2.24, 2.45) is 11.7 Å². The molecule has 5 N–H and O–H groups in total. The molecule has 16 heteroatoms. The van der Waals surface area contributed by atoms with Crippen LogP contribution >= 0.6 is 11.6 Å².